The van der Waals surface area contributed by atoms with Gasteiger partial charge < -0.3 is 9.84 Å². The first kappa shape index (κ1) is 15.3. The van der Waals surface area contributed by atoms with E-state index in [1.54, 1.807) is 18.2 Å². The van der Waals surface area contributed by atoms with Gasteiger partial charge in [0.1, 0.15) is 11.5 Å². The molecule has 0 saturated heterocycles. The predicted molar refractivity (Wildman–Crippen MR) is 85.5 cm³/mol. The zero-order chi connectivity index (χ0) is 15.8. The number of phenolic OH excluding ortho intramolecular Hbond substituents is 1. The molecule has 0 unspecified atom stereocenters. The number of amides is 1. The highest BCUT2D eigenvalue weighted by atomic mass is 16.5. The van der Waals surface area contributed by atoms with E-state index in [1.165, 1.54) is 25.5 Å². The summed E-state index contributed by atoms with van der Waals surface area (Å²) in [6.45, 7) is 0. The number of hydrogen-bond donors (Lipinski definition) is 2. The summed E-state index contributed by atoms with van der Waals surface area (Å²) in [5, 5.41) is 13.4. The third kappa shape index (κ3) is 4.21. The van der Waals surface area contributed by atoms with Gasteiger partial charge in [0.05, 0.1) is 18.9 Å². The van der Waals surface area contributed by atoms with Gasteiger partial charge in [-0.2, -0.15) is 5.10 Å². The summed E-state index contributed by atoms with van der Waals surface area (Å²) in [4.78, 5) is 11.8. The van der Waals surface area contributed by atoms with Crippen molar-refractivity contribution in [1.29, 1.82) is 0 Å². The largest absolute Gasteiger partial charge is 0.507 e. The standard InChI is InChI=1S/C17H16N2O3/c1-22-14(11-13-7-3-2-4-8-13)12-18-19-17(21)15-9-5-6-10-16(15)20/h2-12,20H,1H3,(H,19,21). The molecule has 0 saturated carbocycles. The lowest BCUT2D eigenvalue weighted by molar-refractivity contribution is 0.0952. The van der Waals surface area contributed by atoms with Gasteiger partial charge in [-0.1, -0.05) is 42.5 Å². The molecule has 0 spiro atoms. The van der Waals surface area contributed by atoms with Gasteiger partial charge in [0, 0.05) is 0 Å². The fourth-order valence-corrected chi connectivity index (χ4v) is 1.74. The lowest BCUT2D eigenvalue weighted by Crippen LogP contribution is -2.17. The molecule has 5 heteroatoms. The van der Waals surface area contributed by atoms with Gasteiger partial charge >= 0.3 is 0 Å². The molecule has 0 bridgehead atoms. The van der Waals surface area contributed by atoms with Crippen LogP contribution < -0.4 is 5.43 Å². The van der Waals surface area contributed by atoms with Gasteiger partial charge in [-0.3, -0.25) is 4.79 Å². The van der Waals surface area contributed by atoms with E-state index in [9.17, 15) is 9.90 Å². The fraction of sp³-hybridized carbons (Fsp3) is 0.0588. The molecule has 0 atom stereocenters. The van der Waals surface area contributed by atoms with Gasteiger partial charge in [0.2, 0.25) is 0 Å². The summed E-state index contributed by atoms with van der Waals surface area (Å²) in [6, 6.07) is 15.8. The molecular weight excluding hydrogens is 280 g/mol. The highest BCUT2D eigenvalue weighted by molar-refractivity contribution is 5.97. The van der Waals surface area contributed by atoms with Gasteiger partial charge in [0.15, 0.2) is 0 Å². The number of benzene rings is 2. The van der Waals surface area contributed by atoms with Crippen molar-refractivity contribution in [2.24, 2.45) is 5.10 Å². The minimum atomic E-state index is -0.496. The molecule has 2 rings (SSSR count). The summed E-state index contributed by atoms with van der Waals surface area (Å²) in [5.74, 6) is -0.102. The van der Waals surface area contributed by atoms with E-state index < -0.39 is 5.91 Å². The predicted octanol–water partition coefficient (Wildman–Crippen LogP) is 2.80. The van der Waals surface area contributed by atoms with Crippen LogP contribution in [0.5, 0.6) is 5.75 Å². The Morgan fingerprint density at radius 2 is 1.82 bits per heavy atom. The summed E-state index contributed by atoms with van der Waals surface area (Å²) >= 11 is 0. The number of hydrazone groups is 1. The lowest BCUT2D eigenvalue weighted by atomic mass is 10.2. The van der Waals surface area contributed by atoms with Crippen molar-refractivity contribution in [2.75, 3.05) is 7.11 Å². The van der Waals surface area contributed by atoms with Crippen LogP contribution in [-0.2, 0) is 4.74 Å². The number of carbonyl (C=O) groups is 1. The summed E-state index contributed by atoms with van der Waals surface area (Å²) in [6.07, 6.45) is 3.18. The summed E-state index contributed by atoms with van der Waals surface area (Å²) in [5.41, 5.74) is 3.45. The van der Waals surface area contributed by atoms with E-state index in [-0.39, 0.29) is 11.3 Å². The van der Waals surface area contributed by atoms with Crippen molar-refractivity contribution < 1.29 is 14.6 Å². The maximum atomic E-state index is 11.8. The third-order valence-corrected chi connectivity index (χ3v) is 2.85. The summed E-state index contributed by atoms with van der Waals surface area (Å²) in [7, 11) is 1.52. The number of ether oxygens (including phenoxy) is 1. The zero-order valence-corrected chi connectivity index (χ0v) is 12.1. The molecule has 0 aliphatic heterocycles. The van der Waals surface area contributed by atoms with E-state index >= 15 is 0 Å². The SMILES string of the molecule is COC(C=NNC(=O)c1ccccc1O)=Cc1ccccc1. The Kier molecular flexibility index (Phi) is 5.31. The normalized spacial score (nSPS) is 11.4. The van der Waals surface area contributed by atoms with Crippen LogP contribution in [0.15, 0.2) is 65.5 Å². The minimum absolute atomic E-state index is 0.0954. The van der Waals surface area contributed by atoms with Crippen LogP contribution in [0.25, 0.3) is 6.08 Å². The van der Waals surface area contributed by atoms with Crippen molar-refractivity contribution in [3.63, 3.8) is 0 Å². The average Bonchev–Trinajstić information content (AvgIpc) is 2.55. The highest BCUT2D eigenvalue weighted by Crippen LogP contribution is 2.14. The van der Waals surface area contributed by atoms with Crippen LogP contribution in [0.2, 0.25) is 0 Å². The second-order valence-corrected chi connectivity index (χ2v) is 4.38. The maximum absolute atomic E-state index is 11.8. The Balaban J connectivity index is 2.03. The molecule has 1 amide bonds. The second-order valence-electron chi connectivity index (χ2n) is 4.38. The first-order valence-electron chi connectivity index (χ1n) is 6.63. The van der Waals surface area contributed by atoms with Crippen LogP contribution in [0.4, 0.5) is 0 Å². The fourth-order valence-electron chi connectivity index (χ4n) is 1.74. The number of allylic oxidation sites excluding steroid dienone is 1. The molecule has 2 aromatic carbocycles. The van der Waals surface area contributed by atoms with Crippen molar-refractivity contribution in [3.8, 4) is 5.75 Å². The van der Waals surface area contributed by atoms with E-state index in [2.05, 4.69) is 10.5 Å². The summed E-state index contributed by atoms with van der Waals surface area (Å²) < 4.78 is 5.18. The van der Waals surface area contributed by atoms with Crippen LogP contribution in [0.1, 0.15) is 15.9 Å². The topological polar surface area (TPSA) is 70.9 Å². The maximum Gasteiger partial charge on any atom is 0.275 e. The zero-order valence-electron chi connectivity index (χ0n) is 12.1. The van der Waals surface area contributed by atoms with E-state index in [0.29, 0.717) is 5.76 Å². The molecule has 22 heavy (non-hydrogen) atoms. The Labute approximate surface area is 128 Å². The van der Waals surface area contributed by atoms with Gasteiger partial charge in [-0.15, -0.1) is 0 Å². The number of rotatable bonds is 5. The van der Waals surface area contributed by atoms with E-state index in [1.807, 2.05) is 30.3 Å². The molecule has 5 nitrogen and oxygen atoms in total. The average molecular weight is 296 g/mol. The lowest BCUT2D eigenvalue weighted by Gasteiger charge is -2.03. The first-order chi connectivity index (χ1) is 10.7. The van der Waals surface area contributed by atoms with E-state index in [4.69, 9.17) is 4.74 Å². The van der Waals surface area contributed by atoms with Crippen molar-refractivity contribution in [1.82, 2.24) is 5.43 Å². The van der Waals surface area contributed by atoms with E-state index in [0.717, 1.165) is 5.56 Å². The number of methoxy groups -OCH3 is 1. The van der Waals surface area contributed by atoms with Crippen molar-refractivity contribution >= 4 is 18.2 Å². The van der Waals surface area contributed by atoms with Crippen LogP contribution >= 0.6 is 0 Å². The van der Waals surface area contributed by atoms with Crippen molar-refractivity contribution in [2.45, 2.75) is 0 Å². The van der Waals surface area contributed by atoms with Gasteiger partial charge in [-0.05, 0) is 23.8 Å². The monoisotopic (exact) mass is 296 g/mol. The Morgan fingerprint density at radius 1 is 1.14 bits per heavy atom. The minimum Gasteiger partial charge on any atom is -0.507 e. The molecule has 0 aromatic heterocycles. The first-order valence-corrected chi connectivity index (χ1v) is 6.63. The molecule has 112 valence electrons. The third-order valence-electron chi connectivity index (χ3n) is 2.85. The number of nitrogens with one attached hydrogen (secondary N) is 1. The molecule has 0 aliphatic rings. The van der Waals surface area contributed by atoms with Crippen molar-refractivity contribution in [3.05, 3.63) is 71.5 Å². The Hall–Kier alpha value is -3.08. The highest BCUT2D eigenvalue weighted by Gasteiger charge is 2.08. The molecule has 0 fully saturated rings. The Bertz CT molecular complexity index is 694. The van der Waals surface area contributed by atoms with Crippen LogP contribution in [0, 0.1) is 0 Å². The molecule has 2 N–H and O–H groups in total. The second kappa shape index (κ2) is 7.64. The number of nitrogens with zero attached hydrogens (tertiary/aromatic N) is 1. The van der Waals surface area contributed by atoms with Gasteiger partial charge in [-0.25, -0.2) is 5.43 Å². The number of carbonyl (C=O) groups excluding carboxylic acids is 1. The van der Waals surface area contributed by atoms with Crippen LogP contribution in [-0.4, -0.2) is 24.3 Å². The van der Waals surface area contributed by atoms with Gasteiger partial charge in [0.25, 0.3) is 5.91 Å². The number of phenols is 1. The molecule has 0 heterocycles. The number of aromatic hydroxyl groups is 1. The number of hydrogen-bond acceptors (Lipinski definition) is 4. The smallest absolute Gasteiger partial charge is 0.275 e. The molecule has 0 aliphatic carbocycles. The Morgan fingerprint density at radius 3 is 2.50 bits per heavy atom. The number of para-hydroxylation sites is 1. The van der Waals surface area contributed by atoms with Crippen LogP contribution in [0.3, 0.4) is 0 Å². The quantitative estimate of drug-likeness (QED) is 0.506. The molecule has 0 radical (unpaired) electrons. The molecule has 2 aromatic rings. The molecular formula is C17H16N2O3.